The molecule has 0 radical (unpaired) electrons. The molecule has 0 unspecified atom stereocenters. The average molecular weight is 404 g/mol. The van der Waals surface area contributed by atoms with Crippen LogP contribution in [-0.2, 0) is 30.9 Å². The molecular formula is C20H24N2O5S. The summed E-state index contributed by atoms with van der Waals surface area (Å²) in [5.74, 6) is -0.634. The van der Waals surface area contributed by atoms with Crippen LogP contribution in [0.25, 0.3) is 0 Å². The Balaban J connectivity index is 2.25. The zero-order valence-electron chi connectivity index (χ0n) is 15.9. The first-order valence-corrected chi connectivity index (χ1v) is 10.3. The normalized spacial score (nSPS) is 11.2. The van der Waals surface area contributed by atoms with Crippen LogP contribution in [0.2, 0.25) is 0 Å². The fraction of sp³-hybridized carbons (Fsp3) is 0.300. The van der Waals surface area contributed by atoms with E-state index in [1.54, 1.807) is 19.1 Å². The van der Waals surface area contributed by atoms with Crippen molar-refractivity contribution in [2.75, 3.05) is 19.0 Å². The molecule has 2 rings (SSSR count). The molecule has 0 spiro atoms. The maximum atomic E-state index is 13.1. The molecule has 28 heavy (non-hydrogen) atoms. The minimum Gasteiger partial charge on any atom is -0.469 e. The van der Waals surface area contributed by atoms with Gasteiger partial charge in [0.05, 0.1) is 18.4 Å². The first-order chi connectivity index (χ1) is 13.4. The lowest BCUT2D eigenvalue weighted by molar-refractivity contribution is -0.140. The number of carbonyl (C=O) groups is 2. The molecule has 0 aromatic heterocycles. The second-order valence-corrected chi connectivity index (χ2v) is 8.01. The van der Waals surface area contributed by atoms with Crippen LogP contribution in [0.4, 0.5) is 5.69 Å². The van der Waals surface area contributed by atoms with Crippen LogP contribution in [0, 0.1) is 0 Å². The van der Waals surface area contributed by atoms with Crippen molar-refractivity contribution in [1.29, 1.82) is 0 Å². The number of methoxy groups -OCH3 is 1. The second kappa shape index (κ2) is 10.0. The molecule has 0 fully saturated rings. The van der Waals surface area contributed by atoms with Gasteiger partial charge in [0, 0.05) is 25.2 Å². The zero-order valence-corrected chi connectivity index (χ0v) is 16.7. The van der Waals surface area contributed by atoms with Crippen molar-refractivity contribution in [2.45, 2.75) is 31.2 Å². The van der Waals surface area contributed by atoms with Crippen LogP contribution in [-0.4, -0.2) is 38.3 Å². The summed E-state index contributed by atoms with van der Waals surface area (Å²) in [4.78, 5) is 23.1. The van der Waals surface area contributed by atoms with Crippen LogP contribution in [0.3, 0.4) is 0 Å². The average Bonchev–Trinajstić information content (AvgIpc) is 2.71. The lowest BCUT2D eigenvalue weighted by Crippen LogP contribution is -2.33. The predicted octanol–water partition coefficient (Wildman–Crippen LogP) is 2.79. The van der Waals surface area contributed by atoms with Crippen LogP contribution < -0.4 is 5.32 Å². The number of ether oxygens (including phenoxy) is 1. The molecular weight excluding hydrogens is 380 g/mol. The molecule has 0 atom stereocenters. The molecule has 2 aromatic carbocycles. The van der Waals surface area contributed by atoms with Crippen molar-refractivity contribution in [3.8, 4) is 0 Å². The number of esters is 1. The number of anilines is 1. The van der Waals surface area contributed by atoms with E-state index in [4.69, 9.17) is 0 Å². The molecule has 1 N–H and O–H groups in total. The first-order valence-electron chi connectivity index (χ1n) is 8.87. The largest absolute Gasteiger partial charge is 0.469 e. The predicted molar refractivity (Wildman–Crippen MR) is 106 cm³/mol. The monoisotopic (exact) mass is 404 g/mol. The third kappa shape index (κ3) is 5.90. The first kappa shape index (κ1) is 21.6. The highest BCUT2D eigenvalue weighted by Gasteiger charge is 2.25. The van der Waals surface area contributed by atoms with E-state index in [0.717, 1.165) is 5.56 Å². The number of nitrogens with zero attached hydrogens (tertiary/aromatic N) is 1. The number of rotatable bonds is 9. The van der Waals surface area contributed by atoms with Gasteiger partial charge in [0.25, 0.3) is 0 Å². The fourth-order valence-corrected chi connectivity index (χ4v) is 3.93. The number of carbonyl (C=O) groups excluding carboxylic acids is 2. The number of amides is 1. The van der Waals surface area contributed by atoms with Crippen molar-refractivity contribution in [2.24, 2.45) is 0 Å². The summed E-state index contributed by atoms with van der Waals surface area (Å²) in [6.45, 7) is 1.86. The number of benzene rings is 2. The molecule has 0 bridgehead atoms. The lowest BCUT2D eigenvalue weighted by Gasteiger charge is -2.22. The van der Waals surface area contributed by atoms with Gasteiger partial charge in [-0.1, -0.05) is 37.3 Å². The van der Waals surface area contributed by atoms with Gasteiger partial charge in [0.15, 0.2) is 0 Å². The van der Waals surface area contributed by atoms with Crippen LogP contribution in [0.15, 0.2) is 59.5 Å². The van der Waals surface area contributed by atoms with Gasteiger partial charge < -0.3 is 10.1 Å². The topological polar surface area (TPSA) is 92.8 Å². The van der Waals surface area contributed by atoms with E-state index in [0.29, 0.717) is 12.1 Å². The second-order valence-electron chi connectivity index (χ2n) is 6.08. The zero-order chi connectivity index (χ0) is 20.6. The molecule has 0 aliphatic heterocycles. The third-order valence-corrected chi connectivity index (χ3v) is 5.95. The van der Waals surface area contributed by atoms with Gasteiger partial charge in [-0.05, 0) is 29.8 Å². The molecule has 150 valence electrons. The van der Waals surface area contributed by atoms with Crippen molar-refractivity contribution in [3.05, 3.63) is 60.2 Å². The summed E-state index contributed by atoms with van der Waals surface area (Å²) in [5.41, 5.74) is 1.33. The highest BCUT2D eigenvalue weighted by molar-refractivity contribution is 7.89. The van der Waals surface area contributed by atoms with Crippen molar-refractivity contribution in [1.82, 2.24) is 4.31 Å². The number of hydrogen-bond acceptors (Lipinski definition) is 5. The van der Waals surface area contributed by atoms with Gasteiger partial charge in [-0.25, -0.2) is 8.42 Å². The molecule has 0 aliphatic carbocycles. The molecule has 1 amide bonds. The standard InChI is InChI=1S/C20H24N2O5S/c1-3-19(23)21-17-9-11-18(12-10-17)28(25,26)22(14-13-20(24)27-2)15-16-7-5-4-6-8-16/h4-12H,3,13-15H2,1-2H3,(H,21,23). The Bertz CT molecular complexity index is 896. The van der Waals surface area contributed by atoms with Gasteiger partial charge in [-0.2, -0.15) is 4.31 Å². The van der Waals surface area contributed by atoms with Crippen LogP contribution >= 0.6 is 0 Å². The Hall–Kier alpha value is -2.71. The van der Waals surface area contributed by atoms with E-state index in [1.807, 2.05) is 30.3 Å². The molecule has 0 aliphatic rings. The van der Waals surface area contributed by atoms with Crippen molar-refractivity contribution < 1.29 is 22.7 Å². The summed E-state index contributed by atoms with van der Waals surface area (Å²) in [7, 11) is -2.58. The fourth-order valence-electron chi connectivity index (χ4n) is 2.50. The van der Waals surface area contributed by atoms with Crippen LogP contribution in [0.5, 0.6) is 0 Å². The Labute approximate surface area is 165 Å². The molecule has 0 saturated heterocycles. The highest BCUT2D eigenvalue weighted by atomic mass is 32.2. The van der Waals surface area contributed by atoms with E-state index in [1.165, 1.54) is 23.5 Å². The van der Waals surface area contributed by atoms with Gasteiger partial charge in [-0.3, -0.25) is 9.59 Å². The summed E-state index contributed by atoms with van der Waals surface area (Å²) in [6.07, 6.45) is 0.283. The van der Waals surface area contributed by atoms with Gasteiger partial charge in [0.2, 0.25) is 15.9 Å². The summed E-state index contributed by atoms with van der Waals surface area (Å²) < 4.78 is 32.1. The maximum Gasteiger partial charge on any atom is 0.306 e. The smallest absolute Gasteiger partial charge is 0.306 e. The Morgan fingerprint density at radius 2 is 1.68 bits per heavy atom. The van der Waals surface area contributed by atoms with E-state index in [-0.39, 0.29) is 30.3 Å². The molecule has 7 nitrogen and oxygen atoms in total. The quantitative estimate of drug-likeness (QED) is 0.649. The Morgan fingerprint density at radius 3 is 2.25 bits per heavy atom. The SMILES string of the molecule is CCC(=O)Nc1ccc(S(=O)(=O)N(CCC(=O)OC)Cc2ccccc2)cc1. The van der Waals surface area contributed by atoms with Gasteiger partial charge >= 0.3 is 5.97 Å². The Morgan fingerprint density at radius 1 is 1.04 bits per heavy atom. The summed E-state index contributed by atoms with van der Waals surface area (Å²) >= 11 is 0. The minimum atomic E-state index is -3.84. The van der Waals surface area contributed by atoms with Gasteiger partial charge in [-0.15, -0.1) is 0 Å². The molecule has 8 heteroatoms. The van der Waals surface area contributed by atoms with E-state index in [9.17, 15) is 18.0 Å². The molecule has 2 aromatic rings. The minimum absolute atomic E-state index is 0.00176. The Kier molecular flexibility index (Phi) is 7.71. The number of sulfonamides is 1. The van der Waals surface area contributed by atoms with Crippen molar-refractivity contribution >= 4 is 27.6 Å². The number of nitrogens with one attached hydrogen (secondary N) is 1. The number of hydrogen-bond donors (Lipinski definition) is 1. The third-order valence-electron chi connectivity index (χ3n) is 4.09. The molecule has 0 saturated carbocycles. The summed E-state index contributed by atoms with van der Waals surface area (Å²) in [5, 5.41) is 2.68. The molecule has 0 heterocycles. The maximum absolute atomic E-state index is 13.1. The lowest BCUT2D eigenvalue weighted by atomic mass is 10.2. The van der Waals surface area contributed by atoms with E-state index < -0.39 is 16.0 Å². The van der Waals surface area contributed by atoms with Crippen LogP contribution in [0.1, 0.15) is 25.3 Å². The van der Waals surface area contributed by atoms with E-state index >= 15 is 0 Å². The van der Waals surface area contributed by atoms with E-state index in [2.05, 4.69) is 10.1 Å². The van der Waals surface area contributed by atoms with Crippen molar-refractivity contribution in [3.63, 3.8) is 0 Å². The highest BCUT2D eigenvalue weighted by Crippen LogP contribution is 2.21. The summed E-state index contributed by atoms with van der Waals surface area (Å²) in [6, 6.07) is 15.1. The van der Waals surface area contributed by atoms with Gasteiger partial charge in [0.1, 0.15) is 0 Å².